The predicted molar refractivity (Wildman–Crippen MR) is 65.2 cm³/mol. The van der Waals surface area contributed by atoms with Crippen LogP contribution in [0.3, 0.4) is 0 Å². The van der Waals surface area contributed by atoms with Crippen LogP contribution in [0.25, 0.3) is 0 Å². The minimum absolute atomic E-state index is 0.180. The Labute approximate surface area is 92.5 Å². The van der Waals surface area contributed by atoms with E-state index in [0.29, 0.717) is 5.92 Å². The lowest BCUT2D eigenvalue weighted by atomic mass is 9.78. The molecule has 1 heterocycles. The highest BCUT2D eigenvalue weighted by molar-refractivity contribution is 5.96. The van der Waals surface area contributed by atoms with Crippen LogP contribution >= 0.6 is 0 Å². The highest BCUT2D eigenvalue weighted by Gasteiger charge is 2.44. The Balaban J connectivity index is 2.68. The molecule has 0 unspecified atom stereocenters. The topological polar surface area (TPSA) is 3.01 Å². The number of rotatable bonds is 1. The molecule has 1 heteroatoms. The van der Waals surface area contributed by atoms with Gasteiger partial charge in [-0.1, -0.05) is 32.0 Å². The van der Waals surface area contributed by atoms with Gasteiger partial charge in [0.15, 0.2) is 5.71 Å². The molecular weight excluding hydrogens is 182 g/mol. The Hall–Kier alpha value is -1.11. The van der Waals surface area contributed by atoms with Gasteiger partial charge < -0.3 is 0 Å². The molecule has 0 N–H and O–H groups in total. The van der Waals surface area contributed by atoms with Gasteiger partial charge in [0.1, 0.15) is 7.05 Å². The molecule has 2 rings (SSSR count). The van der Waals surface area contributed by atoms with E-state index < -0.39 is 0 Å². The lowest BCUT2D eigenvalue weighted by Crippen LogP contribution is -2.32. The molecule has 0 radical (unpaired) electrons. The van der Waals surface area contributed by atoms with Crippen molar-refractivity contribution in [2.24, 2.45) is 5.92 Å². The normalized spacial score (nSPS) is 18.5. The summed E-state index contributed by atoms with van der Waals surface area (Å²) in [6, 6.07) is 8.72. The molecule has 15 heavy (non-hydrogen) atoms. The Morgan fingerprint density at radius 2 is 1.73 bits per heavy atom. The average molecular weight is 202 g/mol. The summed E-state index contributed by atoms with van der Waals surface area (Å²) in [6.07, 6.45) is 0. The first-order valence-corrected chi connectivity index (χ1v) is 5.67. The molecule has 1 aliphatic rings. The quantitative estimate of drug-likeness (QED) is 0.614. The molecule has 0 amide bonds. The molecule has 0 aliphatic carbocycles. The largest absolute Gasteiger partial charge is 0.209 e. The third-order valence-corrected chi connectivity index (χ3v) is 3.49. The van der Waals surface area contributed by atoms with Gasteiger partial charge in [-0.25, -0.2) is 4.58 Å². The highest BCUT2D eigenvalue weighted by Crippen LogP contribution is 2.40. The van der Waals surface area contributed by atoms with Crippen molar-refractivity contribution >= 4 is 11.4 Å². The van der Waals surface area contributed by atoms with Crippen LogP contribution < -0.4 is 0 Å². The van der Waals surface area contributed by atoms with Gasteiger partial charge >= 0.3 is 0 Å². The Morgan fingerprint density at radius 1 is 1.13 bits per heavy atom. The molecule has 80 valence electrons. The van der Waals surface area contributed by atoms with E-state index in [4.69, 9.17) is 0 Å². The average Bonchev–Trinajstić information content (AvgIpc) is 2.36. The number of para-hydroxylation sites is 1. The van der Waals surface area contributed by atoms with E-state index in [9.17, 15) is 0 Å². The molecule has 0 saturated heterocycles. The first-order valence-electron chi connectivity index (χ1n) is 5.67. The first kappa shape index (κ1) is 10.4. The lowest BCUT2D eigenvalue weighted by molar-refractivity contribution is -0.405. The lowest BCUT2D eigenvalue weighted by Gasteiger charge is -2.19. The van der Waals surface area contributed by atoms with Crippen molar-refractivity contribution in [3.8, 4) is 0 Å². The zero-order chi connectivity index (χ0) is 11.2. The molecule has 1 aromatic carbocycles. The van der Waals surface area contributed by atoms with E-state index in [-0.39, 0.29) is 5.41 Å². The monoisotopic (exact) mass is 202 g/mol. The molecule has 0 atom stereocenters. The number of fused-ring (bicyclic) bond motifs is 1. The fourth-order valence-electron chi connectivity index (χ4n) is 3.09. The molecule has 1 nitrogen and oxygen atoms in total. The summed E-state index contributed by atoms with van der Waals surface area (Å²) in [5.74, 6) is 0.595. The van der Waals surface area contributed by atoms with Crippen molar-refractivity contribution in [1.29, 1.82) is 0 Å². The van der Waals surface area contributed by atoms with Crippen molar-refractivity contribution in [3.05, 3.63) is 29.8 Å². The Bertz CT molecular complexity index is 425. The summed E-state index contributed by atoms with van der Waals surface area (Å²) in [5, 5.41) is 0. The summed E-state index contributed by atoms with van der Waals surface area (Å²) in [6.45, 7) is 9.20. The van der Waals surface area contributed by atoms with E-state index >= 15 is 0 Å². The van der Waals surface area contributed by atoms with Gasteiger partial charge in [-0.2, -0.15) is 0 Å². The molecule has 0 fully saturated rings. The first-order chi connectivity index (χ1) is 6.96. The molecular formula is C14H20N+. The Morgan fingerprint density at radius 3 is 2.27 bits per heavy atom. The van der Waals surface area contributed by atoms with Gasteiger partial charge in [0, 0.05) is 17.5 Å². The number of benzene rings is 1. The van der Waals surface area contributed by atoms with E-state index in [2.05, 4.69) is 63.6 Å². The van der Waals surface area contributed by atoms with E-state index in [0.717, 1.165) is 0 Å². The van der Waals surface area contributed by atoms with Gasteiger partial charge in [-0.05, 0) is 13.8 Å². The predicted octanol–water partition coefficient (Wildman–Crippen LogP) is 3.35. The van der Waals surface area contributed by atoms with Crippen LogP contribution in [0, 0.1) is 5.92 Å². The summed E-state index contributed by atoms with van der Waals surface area (Å²) in [5.41, 5.74) is 4.52. The maximum Gasteiger partial charge on any atom is 0.209 e. The van der Waals surface area contributed by atoms with Gasteiger partial charge in [0.2, 0.25) is 5.69 Å². The van der Waals surface area contributed by atoms with Crippen molar-refractivity contribution in [2.45, 2.75) is 33.1 Å². The van der Waals surface area contributed by atoms with Crippen LogP contribution in [-0.4, -0.2) is 17.3 Å². The van der Waals surface area contributed by atoms with Gasteiger partial charge in [0.25, 0.3) is 0 Å². The molecule has 1 aromatic rings. The maximum atomic E-state index is 2.36. The smallest absolute Gasteiger partial charge is 0.201 e. The molecule has 0 spiro atoms. The second kappa shape index (κ2) is 3.19. The SMILES string of the molecule is CC(C)C1=[N+](C)c2ccccc2C1(C)C. The minimum atomic E-state index is 0.180. The van der Waals surface area contributed by atoms with Crippen molar-refractivity contribution in [1.82, 2.24) is 0 Å². The fourth-order valence-corrected chi connectivity index (χ4v) is 3.09. The van der Waals surface area contributed by atoms with E-state index in [1.807, 2.05) is 0 Å². The molecule has 0 saturated carbocycles. The van der Waals surface area contributed by atoms with Crippen LogP contribution in [0.4, 0.5) is 5.69 Å². The maximum absolute atomic E-state index is 2.36. The van der Waals surface area contributed by atoms with Gasteiger partial charge in [0.05, 0.1) is 5.41 Å². The second-order valence-electron chi connectivity index (χ2n) is 5.24. The van der Waals surface area contributed by atoms with Crippen LogP contribution in [0.5, 0.6) is 0 Å². The van der Waals surface area contributed by atoms with Crippen LogP contribution in [-0.2, 0) is 5.41 Å². The number of nitrogens with zero attached hydrogens (tertiary/aromatic N) is 1. The Kier molecular flexibility index (Phi) is 2.22. The summed E-state index contributed by atoms with van der Waals surface area (Å²) < 4.78 is 2.36. The van der Waals surface area contributed by atoms with E-state index in [1.165, 1.54) is 17.0 Å². The van der Waals surface area contributed by atoms with Gasteiger partial charge in [-0.3, -0.25) is 0 Å². The summed E-state index contributed by atoms with van der Waals surface area (Å²) >= 11 is 0. The molecule has 1 aliphatic heterocycles. The van der Waals surface area contributed by atoms with E-state index in [1.54, 1.807) is 0 Å². The second-order valence-corrected chi connectivity index (χ2v) is 5.24. The standard InChI is InChI=1S/C14H20N/c1-10(2)13-14(3,4)11-8-6-7-9-12(11)15(13)5/h6-10H,1-5H3/q+1. The van der Waals surface area contributed by atoms with Crippen molar-refractivity contribution < 1.29 is 4.58 Å². The number of hydrogen-bond donors (Lipinski definition) is 0. The van der Waals surface area contributed by atoms with Crippen LogP contribution in [0.1, 0.15) is 33.3 Å². The number of hydrogen-bond acceptors (Lipinski definition) is 0. The fraction of sp³-hybridized carbons (Fsp3) is 0.500. The highest BCUT2D eigenvalue weighted by atomic mass is 15.0. The summed E-state index contributed by atoms with van der Waals surface area (Å²) in [7, 11) is 2.18. The molecule has 0 aromatic heterocycles. The van der Waals surface area contributed by atoms with Crippen LogP contribution in [0.2, 0.25) is 0 Å². The third-order valence-electron chi connectivity index (χ3n) is 3.49. The van der Waals surface area contributed by atoms with Crippen LogP contribution in [0.15, 0.2) is 24.3 Å². The van der Waals surface area contributed by atoms with Gasteiger partial charge in [-0.15, -0.1) is 0 Å². The van der Waals surface area contributed by atoms with Crippen molar-refractivity contribution in [3.63, 3.8) is 0 Å². The molecule has 0 bridgehead atoms. The third kappa shape index (κ3) is 1.33. The minimum Gasteiger partial charge on any atom is -0.201 e. The zero-order valence-corrected chi connectivity index (χ0v) is 10.3. The van der Waals surface area contributed by atoms with Crippen molar-refractivity contribution in [2.75, 3.05) is 7.05 Å². The summed E-state index contributed by atoms with van der Waals surface area (Å²) in [4.78, 5) is 0. The zero-order valence-electron chi connectivity index (χ0n) is 10.3.